The predicted octanol–water partition coefficient (Wildman–Crippen LogP) is 3.33. The molecule has 2 rings (SSSR count). The van der Waals surface area contributed by atoms with E-state index in [1.54, 1.807) is 23.9 Å². The van der Waals surface area contributed by atoms with E-state index >= 15 is 0 Å². The van der Waals surface area contributed by atoms with Crippen LogP contribution in [0.1, 0.15) is 26.2 Å². The van der Waals surface area contributed by atoms with Crippen LogP contribution in [0.15, 0.2) is 29.2 Å². The highest BCUT2D eigenvalue weighted by molar-refractivity contribution is 7.99. The van der Waals surface area contributed by atoms with Gasteiger partial charge in [-0.15, -0.1) is 24.2 Å². The summed E-state index contributed by atoms with van der Waals surface area (Å²) in [5.41, 5.74) is 5.46. The zero-order valence-electron chi connectivity index (χ0n) is 14.7. The average molecular weight is 391 g/mol. The van der Waals surface area contributed by atoms with Crippen LogP contribution in [0.3, 0.4) is 0 Å². The van der Waals surface area contributed by atoms with Crippen LogP contribution in [0, 0.1) is 11.7 Å². The van der Waals surface area contributed by atoms with Gasteiger partial charge in [0.1, 0.15) is 5.82 Å². The number of hydrogen-bond acceptors (Lipinski definition) is 4. The van der Waals surface area contributed by atoms with E-state index in [9.17, 15) is 9.18 Å². The molecule has 1 atom stereocenters. The van der Waals surface area contributed by atoms with Crippen molar-refractivity contribution in [1.29, 1.82) is 0 Å². The van der Waals surface area contributed by atoms with Crippen molar-refractivity contribution in [2.45, 2.75) is 37.2 Å². The van der Waals surface area contributed by atoms with Crippen LogP contribution in [0.4, 0.5) is 4.39 Å². The van der Waals surface area contributed by atoms with E-state index in [4.69, 9.17) is 10.5 Å². The van der Waals surface area contributed by atoms with Gasteiger partial charge in [0, 0.05) is 36.3 Å². The van der Waals surface area contributed by atoms with Crippen molar-refractivity contribution in [3.63, 3.8) is 0 Å². The minimum absolute atomic E-state index is 0. The summed E-state index contributed by atoms with van der Waals surface area (Å²) in [5, 5.41) is 0. The molecular formula is C18H28ClFN2O2S. The molecule has 7 heteroatoms. The fourth-order valence-corrected chi connectivity index (χ4v) is 3.62. The molecule has 0 aromatic heterocycles. The quantitative estimate of drug-likeness (QED) is 0.546. The molecule has 1 saturated heterocycles. The molecule has 1 unspecified atom stereocenters. The number of piperidine rings is 1. The van der Waals surface area contributed by atoms with Crippen LogP contribution >= 0.6 is 24.2 Å². The van der Waals surface area contributed by atoms with Crippen molar-refractivity contribution in [1.82, 2.24) is 4.90 Å². The molecule has 1 heterocycles. The first kappa shape index (κ1) is 22.2. The summed E-state index contributed by atoms with van der Waals surface area (Å²) in [6, 6.07) is 6.40. The highest BCUT2D eigenvalue weighted by Crippen LogP contribution is 2.23. The fourth-order valence-electron chi connectivity index (χ4n) is 2.71. The van der Waals surface area contributed by atoms with Crippen molar-refractivity contribution < 1.29 is 13.9 Å². The number of benzene rings is 1. The molecule has 25 heavy (non-hydrogen) atoms. The number of nitrogens with zero attached hydrogens (tertiary/aromatic N) is 1. The normalized spacial score (nSPS) is 16.4. The highest BCUT2D eigenvalue weighted by Gasteiger charge is 2.26. The van der Waals surface area contributed by atoms with Crippen LogP contribution in [0.25, 0.3) is 0 Å². The van der Waals surface area contributed by atoms with Gasteiger partial charge in [-0.25, -0.2) is 4.39 Å². The Morgan fingerprint density at radius 1 is 1.36 bits per heavy atom. The van der Waals surface area contributed by atoms with Gasteiger partial charge in [0.25, 0.3) is 0 Å². The third-order valence-electron chi connectivity index (χ3n) is 4.19. The van der Waals surface area contributed by atoms with Crippen LogP contribution in [-0.2, 0) is 9.53 Å². The first-order valence-electron chi connectivity index (χ1n) is 8.59. The Bertz CT molecular complexity index is 510. The second-order valence-corrected chi connectivity index (χ2v) is 7.30. The summed E-state index contributed by atoms with van der Waals surface area (Å²) in [7, 11) is 0. The van der Waals surface area contributed by atoms with E-state index in [2.05, 4.69) is 0 Å². The number of halogens is 2. The van der Waals surface area contributed by atoms with Gasteiger partial charge < -0.3 is 15.4 Å². The van der Waals surface area contributed by atoms with Gasteiger partial charge >= 0.3 is 0 Å². The minimum Gasteiger partial charge on any atom is -0.378 e. The smallest absolute Gasteiger partial charge is 0.226 e. The van der Waals surface area contributed by atoms with E-state index in [1.807, 2.05) is 11.8 Å². The number of thioether (sulfide) groups is 1. The van der Waals surface area contributed by atoms with Gasteiger partial charge in [0.15, 0.2) is 0 Å². The van der Waals surface area contributed by atoms with E-state index in [0.717, 1.165) is 37.2 Å². The zero-order chi connectivity index (χ0) is 17.4. The summed E-state index contributed by atoms with van der Waals surface area (Å²) in [4.78, 5) is 15.5. The first-order chi connectivity index (χ1) is 11.6. The Kier molecular flexibility index (Phi) is 10.4. The molecule has 2 N–H and O–H groups in total. The average Bonchev–Trinajstić information content (AvgIpc) is 2.61. The van der Waals surface area contributed by atoms with Crippen molar-refractivity contribution in [2.75, 3.05) is 32.0 Å². The second-order valence-electron chi connectivity index (χ2n) is 6.20. The molecule has 0 radical (unpaired) electrons. The Morgan fingerprint density at radius 3 is 2.60 bits per heavy atom. The Hall–Kier alpha value is -0.820. The summed E-state index contributed by atoms with van der Waals surface area (Å²) in [5.74, 6) is 0.622. The molecule has 0 spiro atoms. The van der Waals surface area contributed by atoms with E-state index in [-0.39, 0.29) is 36.2 Å². The highest BCUT2D eigenvalue weighted by atomic mass is 35.5. The Balaban J connectivity index is 0.00000312. The van der Waals surface area contributed by atoms with E-state index in [1.165, 1.54) is 12.1 Å². The largest absolute Gasteiger partial charge is 0.378 e. The summed E-state index contributed by atoms with van der Waals surface area (Å²) in [6.45, 7) is 4.85. The molecule has 142 valence electrons. The van der Waals surface area contributed by atoms with Gasteiger partial charge in [0.2, 0.25) is 5.91 Å². The monoisotopic (exact) mass is 390 g/mol. The van der Waals surface area contributed by atoms with Crippen LogP contribution in [0.2, 0.25) is 0 Å². The predicted molar refractivity (Wildman–Crippen MR) is 103 cm³/mol. The van der Waals surface area contributed by atoms with E-state index in [0.29, 0.717) is 18.9 Å². The maximum absolute atomic E-state index is 12.9. The standard InChI is InChI=1S/C18H27FN2O2S.ClH/c1-14(13-24-17-5-3-15(19)4-6-17)18(22)21-10-7-16(8-11-21)23-12-2-9-20;/h3-6,14,16H,2,7-13,20H2,1H3;1H. The van der Waals surface area contributed by atoms with Gasteiger partial charge in [-0.2, -0.15) is 0 Å². The molecule has 1 fully saturated rings. The zero-order valence-corrected chi connectivity index (χ0v) is 16.3. The summed E-state index contributed by atoms with van der Waals surface area (Å²) >= 11 is 1.59. The molecule has 1 aromatic carbocycles. The Morgan fingerprint density at radius 2 is 2.00 bits per heavy atom. The topological polar surface area (TPSA) is 55.6 Å². The van der Waals surface area contributed by atoms with E-state index < -0.39 is 0 Å². The summed E-state index contributed by atoms with van der Waals surface area (Å²) in [6.07, 6.45) is 2.93. The molecular weight excluding hydrogens is 363 g/mol. The van der Waals surface area contributed by atoms with Crippen molar-refractivity contribution in [3.05, 3.63) is 30.1 Å². The third kappa shape index (κ3) is 7.52. The first-order valence-corrected chi connectivity index (χ1v) is 9.57. The number of likely N-dealkylation sites (tertiary alicyclic amines) is 1. The number of carbonyl (C=O) groups excluding carboxylic acids is 1. The maximum Gasteiger partial charge on any atom is 0.226 e. The number of amides is 1. The SMILES string of the molecule is CC(CSc1ccc(F)cc1)C(=O)N1CCC(OCCCN)CC1.Cl. The molecule has 1 amide bonds. The molecule has 0 saturated carbocycles. The second kappa shape index (κ2) is 11.7. The molecule has 1 aromatic rings. The molecule has 0 bridgehead atoms. The van der Waals surface area contributed by atoms with Crippen LogP contribution in [0.5, 0.6) is 0 Å². The van der Waals surface area contributed by atoms with Crippen LogP contribution in [-0.4, -0.2) is 48.9 Å². The number of ether oxygens (including phenoxy) is 1. The van der Waals surface area contributed by atoms with Crippen LogP contribution < -0.4 is 5.73 Å². The minimum atomic E-state index is -0.236. The lowest BCUT2D eigenvalue weighted by molar-refractivity contribution is -0.136. The lowest BCUT2D eigenvalue weighted by atomic mass is 10.1. The molecule has 1 aliphatic heterocycles. The summed E-state index contributed by atoms with van der Waals surface area (Å²) < 4.78 is 18.7. The van der Waals surface area contributed by atoms with Crippen molar-refractivity contribution in [3.8, 4) is 0 Å². The maximum atomic E-state index is 12.9. The third-order valence-corrected chi connectivity index (χ3v) is 5.46. The molecule has 4 nitrogen and oxygen atoms in total. The lowest BCUT2D eigenvalue weighted by Gasteiger charge is -2.33. The number of nitrogens with two attached hydrogens (primary N) is 1. The number of carbonyl (C=O) groups is 1. The Labute approximate surface area is 160 Å². The molecule has 0 aliphatic carbocycles. The number of rotatable bonds is 8. The lowest BCUT2D eigenvalue weighted by Crippen LogP contribution is -2.43. The fraction of sp³-hybridized carbons (Fsp3) is 0.611. The van der Waals surface area contributed by atoms with Gasteiger partial charge in [0.05, 0.1) is 6.10 Å². The molecule has 1 aliphatic rings. The van der Waals surface area contributed by atoms with Gasteiger partial charge in [-0.05, 0) is 50.1 Å². The van der Waals surface area contributed by atoms with Crippen molar-refractivity contribution in [2.24, 2.45) is 11.7 Å². The van der Waals surface area contributed by atoms with Crippen molar-refractivity contribution >= 4 is 30.1 Å². The number of hydrogen-bond donors (Lipinski definition) is 1. The van der Waals surface area contributed by atoms with Gasteiger partial charge in [-0.3, -0.25) is 4.79 Å². The van der Waals surface area contributed by atoms with Gasteiger partial charge in [-0.1, -0.05) is 6.92 Å².